The van der Waals surface area contributed by atoms with Crippen molar-refractivity contribution >= 4 is 10.0 Å². The first kappa shape index (κ1) is 13.9. The fourth-order valence-electron chi connectivity index (χ4n) is 1.03. The van der Waals surface area contributed by atoms with Crippen LogP contribution in [0.4, 0.5) is 0 Å². The standard InChI is InChI=1S/C9H21NO3S/c1-4-6-14(12,13)10-7-9(11)8(3)5-2/h8-11H,4-7H2,1-3H3/t8-,9+/m0/s1. The molecule has 0 heterocycles. The van der Waals surface area contributed by atoms with Crippen molar-refractivity contribution in [3.8, 4) is 0 Å². The molecule has 0 aliphatic carbocycles. The summed E-state index contributed by atoms with van der Waals surface area (Å²) in [5, 5.41) is 9.52. The van der Waals surface area contributed by atoms with Gasteiger partial charge in [-0.05, 0) is 12.3 Å². The van der Waals surface area contributed by atoms with Crippen molar-refractivity contribution in [2.75, 3.05) is 12.3 Å². The molecule has 0 saturated carbocycles. The van der Waals surface area contributed by atoms with E-state index in [1.807, 2.05) is 20.8 Å². The quantitative estimate of drug-likeness (QED) is 0.668. The second-order valence-electron chi connectivity index (χ2n) is 3.62. The van der Waals surface area contributed by atoms with Crippen molar-refractivity contribution in [1.82, 2.24) is 4.72 Å². The first-order valence-corrected chi connectivity index (χ1v) is 6.73. The molecule has 0 unspecified atom stereocenters. The molecule has 0 aliphatic heterocycles. The number of hydrogen-bond acceptors (Lipinski definition) is 3. The molecule has 0 rings (SSSR count). The third kappa shape index (κ3) is 5.57. The highest BCUT2D eigenvalue weighted by Crippen LogP contribution is 2.06. The highest BCUT2D eigenvalue weighted by molar-refractivity contribution is 7.89. The van der Waals surface area contributed by atoms with Gasteiger partial charge in [0.25, 0.3) is 0 Å². The summed E-state index contributed by atoms with van der Waals surface area (Å²) in [6.07, 6.45) is 0.845. The lowest BCUT2D eigenvalue weighted by molar-refractivity contribution is 0.118. The predicted octanol–water partition coefficient (Wildman–Crippen LogP) is 0.723. The Balaban J connectivity index is 3.93. The average molecular weight is 223 g/mol. The summed E-state index contributed by atoms with van der Waals surface area (Å²) in [5.74, 6) is 0.250. The maximum Gasteiger partial charge on any atom is 0.211 e. The van der Waals surface area contributed by atoms with Crippen LogP contribution in [-0.2, 0) is 10.0 Å². The second kappa shape index (κ2) is 6.37. The van der Waals surface area contributed by atoms with E-state index in [9.17, 15) is 13.5 Å². The summed E-state index contributed by atoms with van der Waals surface area (Å²) in [6.45, 7) is 5.80. The molecule has 0 bridgehead atoms. The zero-order valence-electron chi connectivity index (χ0n) is 9.16. The van der Waals surface area contributed by atoms with Gasteiger partial charge in [0.15, 0.2) is 0 Å². The molecule has 0 fully saturated rings. The Morgan fingerprint density at radius 1 is 1.36 bits per heavy atom. The summed E-state index contributed by atoms with van der Waals surface area (Å²) in [6, 6.07) is 0. The minimum absolute atomic E-state index is 0.122. The summed E-state index contributed by atoms with van der Waals surface area (Å²) < 4.78 is 24.8. The van der Waals surface area contributed by atoms with Crippen LogP contribution in [-0.4, -0.2) is 31.9 Å². The van der Waals surface area contributed by atoms with Crippen LogP contribution in [0.1, 0.15) is 33.6 Å². The van der Waals surface area contributed by atoms with Crippen LogP contribution in [0.25, 0.3) is 0 Å². The number of aliphatic hydroxyl groups excluding tert-OH is 1. The van der Waals surface area contributed by atoms with E-state index < -0.39 is 16.1 Å². The van der Waals surface area contributed by atoms with Crippen molar-refractivity contribution in [2.24, 2.45) is 5.92 Å². The molecule has 14 heavy (non-hydrogen) atoms. The first-order chi connectivity index (χ1) is 6.43. The maximum atomic E-state index is 11.2. The van der Waals surface area contributed by atoms with Gasteiger partial charge in [-0.25, -0.2) is 13.1 Å². The van der Waals surface area contributed by atoms with Gasteiger partial charge in [0, 0.05) is 6.54 Å². The Labute approximate surface area is 86.8 Å². The molecular formula is C9H21NO3S. The van der Waals surface area contributed by atoms with Gasteiger partial charge in [-0.3, -0.25) is 0 Å². The van der Waals surface area contributed by atoms with Crippen LogP contribution in [0, 0.1) is 5.92 Å². The molecule has 0 amide bonds. The SMILES string of the molecule is CCCS(=O)(=O)NC[C@@H](O)[C@@H](C)CC. The molecule has 2 atom stereocenters. The van der Waals surface area contributed by atoms with E-state index >= 15 is 0 Å². The molecule has 0 saturated heterocycles. The summed E-state index contributed by atoms with van der Waals surface area (Å²) in [7, 11) is -3.18. The van der Waals surface area contributed by atoms with Gasteiger partial charge < -0.3 is 5.11 Å². The molecule has 0 aromatic rings. The number of nitrogens with one attached hydrogen (secondary N) is 1. The van der Waals surface area contributed by atoms with Gasteiger partial charge in [0.05, 0.1) is 11.9 Å². The normalized spacial score (nSPS) is 16.6. The van der Waals surface area contributed by atoms with E-state index in [1.54, 1.807) is 0 Å². The van der Waals surface area contributed by atoms with Crippen molar-refractivity contribution in [3.05, 3.63) is 0 Å². The zero-order valence-corrected chi connectivity index (χ0v) is 9.97. The maximum absolute atomic E-state index is 11.2. The molecular weight excluding hydrogens is 202 g/mol. The molecule has 4 nitrogen and oxygen atoms in total. The Morgan fingerprint density at radius 2 is 1.93 bits per heavy atom. The Kier molecular flexibility index (Phi) is 6.31. The monoisotopic (exact) mass is 223 g/mol. The largest absolute Gasteiger partial charge is 0.391 e. The Bertz CT molecular complexity index is 238. The van der Waals surface area contributed by atoms with E-state index in [0.717, 1.165) is 6.42 Å². The third-order valence-electron chi connectivity index (χ3n) is 2.29. The minimum atomic E-state index is -3.18. The van der Waals surface area contributed by atoms with Crippen LogP contribution >= 0.6 is 0 Å². The minimum Gasteiger partial charge on any atom is -0.391 e. The molecule has 0 radical (unpaired) electrons. The lowest BCUT2D eigenvalue weighted by Gasteiger charge is -2.17. The molecule has 0 spiro atoms. The molecule has 86 valence electrons. The first-order valence-electron chi connectivity index (χ1n) is 5.08. The van der Waals surface area contributed by atoms with E-state index in [4.69, 9.17) is 0 Å². The molecule has 0 aliphatic rings. The highest BCUT2D eigenvalue weighted by atomic mass is 32.2. The second-order valence-corrected chi connectivity index (χ2v) is 5.55. The lowest BCUT2D eigenvalue weighted by atomic mass is 10.0. The van der Waals surface area contributed by atoms with Gasteiger partial charge >= 0.3 is 0 Å². The van der Waals surface area contributed by atoms with Crippen LogP contribution in [0.5, 0.6) is 0 Å². The van der Waals surface area contributed by atoms with E-state index in [2.05, 4.69) is 4.72 Å². The molecule has 0 aromatic carbocycles. The third-order valence-corrected chi connectivity index (χ3v) is 3.84. The zero-order chi connectivity index (χ0) is 11.2. The van der Waals surface area contributed by atoms with E-state index in [-0.39, 0.29) is 18.2 Å². The fraction of sp³-hybridized carbons (Fsp3) is 1.00. The van der Waals surface area contributed by atoms with Gasteiger partial charge in [-0.15, -0.1) is 0 Å². The number of aliphatic hydroxyl groups is 1. The lowest BCUT2D eigenvalue weighted by Crippen LogP contribution is -2.36. The Hall–Kier alpha value is -0.130. The molecule has 5 heteroatoms. The van der Waals surface area contributed by atoms with Crippen molar-refractivity contribution in [1.29, 1.82) is 0 Å². The number of sulfonamides is 1. The van der Waals surface area contributed by atoms with E-state index in [1.165, 1.54) is 0 Å². The molecule has 2 N–H and O–H groups in total. The number of hydrogen-bond donors (Lipinski definition) is 2. The van der Waals surface area contributed by atoms with Gasteiger partial charge in [-0.1, -0.05) is 27.2 Å². The smallest absolute Gasteiger partial charge is 0.211 e. The van der Waals surface area contributed by atoms with Crippen molar-refractivity contribution in [2.45, 2.75) is 39.7 Å². The fourth-order valence-corrected chi connectivity index (χ4v) is 2.13. The summed E-state index contributed by atoms with van der Waals surface area (Å²) in [4.78, 5) is 0. The van der Waals surface area contributed by atoms with Crippen LogP contribution in [0.3, 0.4) is 0 Å². The van der Waals surface area contributed by atoms with Crippen LogP contribution in [0.2, 0.25) is 0 Å². The number of rotatable bonds is 7. The molecule has 0 aromatic heterocycles. The summed E-state index contributed by atoms with van der Waals surface area (Å²) in [5.41, 5.74) is 0. The van der Waals surface area contributed by atoms with Crippen LogP contribution in [0.15, 0.2) is 0 Å². The van der Waals surface area contributed by atoms with Crippen molar-refractivity contribution < 1.29 is 13.5 Å². The summed E-state index contributed by atoms with van der Waals surface area (Å²) >= 11 is 0. The van der Waals surface area contributed by atoms with E-state index in [0.29, 0.717) is 6.42 Å². The average Bonchev–Trinajstić information content (AvgIpc) is 2.13. The van der Waals surface area contributed by atoms with Gasteiger partial charge in [0.2, 0.25) is 10.0 Å². The highest BCUT2D eigenvalue weighted by Gasteiger charge is 2.15. The van der Waals surface area contributed by atoms with Crippen molar-refractivity contribution in [3.63, 3.8) is 0 Å². The topological polar surface area (TPSA) is 66.4 Å². The van der Waals surface area contributed by atoms with Crippen LogP contribution < -0.4 is 4.72 Å². The van der Waals surface area contributed by atoms with Gasteiger partial charge in [-0.2, -0.15) is 0 Å². The predicted molar refractivity (Wildman–Crippen MR) is 57.5 cm³/mol. The Morgan fingerprint density at radius 3 is 2.36 bits per heavy atom. The van der Waals surface area contributed by atoms with Gasteiger partial charge in [0.1, 0.15) is 0 Å².